The molecule has 0 aliphatic heterocycles. The van der Waals surface area contributed by atoms with Gasteiger partial charge in [-0.3, -0.25) is 4.72 Å². The van der Waals surface area contributed by atoms with Crippen LogP contribution in [0, 0.1) is 6.92 Å². The van der Waals surface area contributed by atoms with E-state index in [1.807, 2.05) is 30.3 Å². The first kappa shape index (κ1) is 23.3. The minimum atomic E-state index is -3.91. The lowest BCUT2D eigenvalue weighted by Gasteiger charge is -2.28. The molecule has 0 aromatic heterocycles. The molecule has 7 heteroatoms. The second-order valence-electron chi connectivity index (χ2n) is 7.67. The number of nitrogens with zero attached hydrogens (tertiary/aromatic N) is 1. The Morgan fingerprint density at radius 1 is 1.00 bits per heavy atom. The molecule has 6 nitrogen and oxygen atoms in total. The number of hydrogen-bond donors (Lipinski definition) is 2. The number of anilines is 2. The smallest absolute Gasteiger partial charge is 0.335 e. The maximum absolute atomic E-state index is 13.2. The van der Waals surface area contributed by atoms with Crippen LogP contribution in [0.5, 0.6) is 0 Å². The number of rotatable bonds is 10. The van der Waals surface area contributed by atoms with Gasteiger partial charge >= 0.3 is 5.97 Å². The van der Waals surface area contributed by atoms with Crippen molar-refractivity contribution >= 4 is 27.4 Å². The van der Waals surface area contributed by atoms with Gasteiger partial charge in [0.05, 0.1) is 21.8 Å². The largest absolute Gasteiger partial charge is 0.478 e. The van der Waals surface area contributed by atoms with Gasteiger partial charge in [0.15, 0.2) is 0 Å². The van der Waals surface area contributed by atoms with Gasteiger partial charge in [0.2, 0.25) is 0 Å². The number of carboxylic acid groups (broad SMARTS) is 1. The summed E-state index contributed by atoms with van der Waals surface area (Å²) < 4.78 is 29.0. The maximum atomic E-state index is 13.2. The van der Waals surface area contributed by atoms with E-state index >= 15 is 0 Å². The molecule has 0 bridgehead atoms. The van der Waals surface area contributed by atoms with Crippen molar-refractivity contribution in [3.63, 3.8) is 0 Å². The lowest BCUT2D eigenvalue weighted by Crippen LogP contribution is -2.26. The Hall–Kier alpha value is -3.32. The Morgan fingerprint density at radius 3 is 2.34 bits per heavy atom. The van der Waals surface area contributed by atoms with Crippen LogP contribution in [-0.2, 0) is 16.6 Å². The molecule has 32 heavy (non-hydrogen) atoms. The molecular formula is C25H28N2O4S. The van der Waals surface area contributed by atoms with Crippen molar-refractivity contribution in [3.8, 4) is 0 Å². The van der Waals surface area contributed by atoms with Gasteiger partial charge < -0.3 is 10.0 Å². The van der Waals surface area contributed by atoms with Crippen molar-refractivity contribution in [2.24, 2.45) is 0 Å². The summed E-state index contributed by atoms with van der Waals surface area (Å²) in [6.45, 7) is 5.10. The third-order valence-corrected chi connectivity index (χ3v) is 6.74. The van der Waals surface area contributed by atoms with E-state index in [4.69, 9.17) is 0 Å². The molecule has 0 radical (unpaired) electrons. The van der Waals surface area contributed by atoms with E-state index in [1.165, 1.54) is 18.2 Å². The zero-order valence-electron chi connectivity index (χ0n) is 18.3. The van der Waals surface area contributed by atoms with Crippen LogP contribution in [0.1, 0.15) is 41.3 Å². The summed E-state index contributed by atoms with van der Waals surface area (Å²) in [5, 5.41) is 9.48. The molecule has 0 saturated heterocycles. The standard InChI is InChI=1S/C25H28N2O4S/c1-3-4-16-27(18-20-11-6-5-7-12-20)23-15-14-21(25(28)29)17-22(23)26-32(30,31)24-13-9-8-10-19(24)2/h5-15,17,26H,3-4,16,18H2,1-2H3,(H,28,29). The molecule has 0 saturated carbocycles. The Balaban J connectivity index is 2.06. The van der Waals surface area contributed by atoms with Crippen LogP contribution in [0.25, 0.3) is 0 Å². The fourth-order valence-electron chi connectivity index (χ4n) is 3.52. The fourth-order valence-corrected chi connectivity index (χ4v) is 4.83. The van der Waals surface area contributed by atoms with Crippen molar-refractivity contribution in [1.29, 1.82) is 0 Å². The van der Waals surface area contributed by atoms with Gasteiger partial charge in [0.1, 0.15) is 0 Å². The Kier molecular flexibility index (Phi) is 7.53. The SMILES string of the molecule is CCCCN(Cc1ccccc1)c1ccc(C(=O)O)cc1NS(=O)(=O)c1ccccc1C. The third-order valence-electron chi connectivity index (χ3n) is 5.21. The van der Waals surface area contributed by atoms with Crippen LogP contribution in [-0.4, -0.2) is 26.0 Å². The highest BCUT2D eigenvalue weighted by Crippen LogP contribution is 2.31. The van der Waals surface area contributed by atoms with Gasteiger partial charge in [-0.2, -0.15) is 0 Å². The van der Waals surface area contributed by atoms with Crippen molar-refractivity contribution in [3.05, 3.63) is 89.5 Å². The minimum Gasteiger partial charge on any atom is -0.478 e. The molecule has 0 aliphatic carbocycles. The van der Waals surface area contributed by atoms with Gasteiger partial charge in [0, 0.05) is 13.1 Å². The topological polar surface area (TPSA) is 86.7 Å². The molecule has 0 unspecified atom stereocenters. The lowest BCUT2D eigenvalue weighted by atomic mass is 10.1. The Labute approximate surface area is 189 Å². The number of sulfonamides is 1. The highest BCUT2D eigenvalue weighted by Gasteiger charge is 2.21. The number of carbonyl (C=O) groups is 1. The molecule has 3 aromatic rings. The fraction of sp³-hybridized carbons (Fsp3) is 0.240. The van der Waals surface area contributed by atoms with Gasteiger partial charge in [-0.25, -0.2) is 13.2 Å². The first-order valence-electron chi connectivity index (χ1n) is 10.6. The van der Waals surface area contributed by atoms with Crippen LogP contribution < -0.4 is 9.62 Å². The second-order valence-corrected chi connectivity index (χ2v) is 9.32. The summed E-state index contributed by atoms with van der Waals surface area (Å²) in [5.41, 5.74) is 2.61. The first-order valence-corrected chi connectivity index (χ1v) is 12.0. The number of carboxylic acids is 1. The number of aryl methyl sites for hydroxylation is 1. The summed E-state index contributed by atoms with van der Waals surface area (Å²) in [4.78, 5) is 13.8. The van der Waals surface area contributed by atoms with Crippen molar-refractivity contribution in [1.82, 2.24) is 0 Å². The molecule has 2 N–H and O–H groups in total. The summed E-state index contributed by atoms with van der Waals surface area (Å²) in [6.07, 6.45) is 1.89. The van der Waals surface area contributed by atoms with Crippen molar-refractivity contribution < 1.29 is 18.3 Å². The highest BCUT2D eigenvalue weighted by molar-refractivity contribution is 7.92. The van der Waals surface area contributed by atoms with Gasteiger partial charge in [-0.05, 0) is 48.7 Å². The van der Waals surface area contributed by atoms with E-state index < -0.39 is 16.0 Å². The van der Waals surface area contributed by atoms with Gasteiger partial charge in [-0.15, -0.1) is 0 Å². The molecule has 0 atom stereocenters. The van der Waals surface area contributed by atoms with Crippen LogP contribution in [0.15, 0.2) is 77.7 Å². The summed E-state index contributed by atoms with van der Waals surface area (Å²) in [7, 11) is -3.91. The average Bonchev–Trinajstić information content (AvgIpc) is 2.77. The third kappa shape index (κ3) is 5.68. The summed E-state index contributed by atoms with van der Waals surface area (Å²) in [6, 6.07) is 21.2. The highest BCUT2D eigenvalue weighted by atomic mass is 32.2. The van der Waals surface area contributed by atoms with Crippen LogP contribution >= 0.6 is 0 Å². The summed E-state index contributed by atoms with van der Waals surface area (Å²) in [5.74, 6) is -1.11. The van der Waals surface area contributed by atoms with E-state index in [1.54, 1.807) is 31.2 Å². The van der Waals surface area contributed by atoms with Crippen LogP contribution in [0.4, 0.5) is 11.4 Å². The molecular weight excluding hydrogens is 424 g/mol. The van der Waals surface area contributed by atoms with E-state index in [9.17, 15) is 18.3 Å². The predicted octanol–water partition coefficient (Wildman–Crippen LogP) is 5.30. The molecule has 0 heterocycles. The zero-order chi connectivity index (χ0) is 23.1. The monoisotopic (exact) mass is 452 g/mol. The number of unbranched alkanes of at least 4 members (excludes halogenated alkanes) is 1. The van der Waals surface area contributed by atoms with E-state index in [2.05, 4.69) is 16.5 Å². The number of nitrogens with one attached hydrogen (secondary N) is 1. The number of hydrogen-bond acceptors (Lipinski definition) is 4. The average molecular weight is 453 g/mol. The Bertz CT molecular complexity index is 1180. The van der Waals surface area contributed by atoms with Gasteiger partial charge in [0.25, 0.3) is 10.0 Å². The second kappa shape index (κ2) is 10.3. The predicted molar refractivity (Wildman–Crippen MR) is 128 cm³/mol. The molecule has 0 aliphatic rings. The van der Waals surface area contributed by atoms with Crippen LogP contribution in [0.3, 0.4) is 0 Å². The van der Waals surface area contributed by atoms with Crippen molar-refractivity contribution in [2.45, 2.75) is 38.1 Å². The number of benzene rings is 3. The van der Waals surface area contributed by atoms with E-state index in [0.29, 0.717) is 24.3 Å². The maximum Gasteiger partial charge on any atom is 0.335 e. The number of aromatic carboxylic acids is 1. The minimum absolute atomic E-state index is 0.0198. The molecule has 3 aromatic carbocycles. The normalized spacial score (nSPS) is 11.2. The summed E-state index contributed by atoms with van der Waals surface area (Å²) >= 11 is 0. The van der Waals surface area contributed by atoms with E-state index in [-0.39, 0.29) is 16.1 Å². The quantitative estimate of drug-likeness (QED) is 0.436. The molecule has 0 amide bonds. The van der Waals surface area contributed by atoms with Gasteiger partial charge in [-0.1, -0.05) is 61.9 Å². The molecule has 3 rings (SSSR count). The molecule has 0 spiro atoms. The van der Waals surface area contributed by atoms with E-state index in [0.717, 1.165) is 18.4 Å². The zero-order valence-corrected chi connectivity index (χ0v) is 19.1. The molecule has 168 valence electrons. The lowest BCUT2D eigenvalue weighted by molar-refractivity contribution is 0.0697. The molecule has 0 fully saturated rings. The van der Waals surface area contributed by atoms with Crippen molar-refractivity contribution in [2.75, 3.05) is 16.2 Å². The first-order chi connectivity index (χ1) is 15.3. The Morgan fingerprint density at radius 2 is 1.69 bits per heavy atom. The van der Waals surface area contributed by atoms with Crippen LogP contribution in [0.2, 0.25) is 0 Å².